The summed E-state index contributed by atoms with van der Waals surface area (Å²) in [5.74, 6) is 0.146. The molecule has 0 unspecified atom stereocenters. The number of anilines is 1. The molecule has 3 aromatic rings. The summed E-state index contributed by atoms with van der Waals surface area (Å²) >= 11 is 0. The molecule has 38 heavy (non-hydrogen) atoms. The molecule has 9 heteroatoms. The van der Waals surface area contributed by atoms with Crippen molar-refractivity contribution in [2.24, 2.45) is 0 Å². The fourth-order valence-corrected chi connectivity index (χ4v) is 7.08. The number of benzene rings is 2. The van der Waals surface area contributed by atoms with E-state index in [0.29, 0.717) is 33.9 Å². The number of nitrogens with zero attached hydrogens (tertiary/aromatic N) is 3. The van der Waals surface area contributed by atoms with Crippen molar-refractivity contribution in [2.75, 3.05) is 44.8 Å². The summed E-state index contributed by atoms with van der Waals surface area (Å²) in [4.78, 5) is 22.1. The number of fused-ring (bicyclic) bond motifs is 1. The molecule has 0 N–H and O–H groups in total. The van der Waals surface area contributed by atoms with Gasteiger partial charge in [0, 0.05) is 30.7 Å². The van der Waals surface area contributed by atoms with Crippen LogP contribution in [0.3, 0.4) is 0 Å². The van der Waals surface area contributed by atoms with E-state index in [1.165, 1.54) is 25.5 Å². The van der Waals surface area contributed by atoms with Crippen LogP contribution in [-0.4, -0.2) is 70.2 Å². The van der Waals surface area contributed by atoms with E-state index >= 15 is 0 Å². The van der Waals surface area contributed by atoms with Crippen LogP contribution >= 0.6 is 0 Å². The predicted molar refractivity (Wildman–Crippen MR) is 147 cm³/mol. The van der Waals surface area contributed by atoms with Gasteiger partial charge in [-0.25, -0.2) is 13.2 Å². The lowest BCUT2D eigenvalue weighted by molar-refractivity contribution is 0.0526. The topological polar surface area (TPSA) is 89.0 Å². The summed E-state index contributed by atoms with van der Waals surface area (Å²) < 4.78 is 38.4. The van der Waals surface area contributed by atoms with Gasteiger partial charge in [0.05, 0.1) is 35.4 Å². The molecule has 0 saturated carbocycles. The number of likely N-dealkylation sites (tertiary alicyclic amines) is 1. The van der Waals surface area contributed by atoms with Gasteiger partial charge >= 0.3 is 5.97 Å². The zero-order valence-electron chi connectivity index (χ0n) is 22.1. The highest BCUT2D eigenvalue weighted by molar-refractivity contribution is 7.91. The lowest BCUT2D eigenvalue weighted by Crippen LogP contribution is -2.47. The highest BCUT2D eigenvalue weighted by Crippen LogP contribution is 2.38. The third-order valence-corrected chi connectivity index (χ3v) is 9.43. The lowest BCUT2D eigenvalue weighted by Gasteiger charge is -2.41. The Morgan fingerprint density at radius 1 is 1.00 bits per heavy atom. The molecule has 2 aliphatic heterocycles. The SMILES string of the molecule is CCOC(=O)c1ccc2ncc(S(=O)(=O)c3ccc(OC)cc3)c(N3CCC(N4CCCCC4)CC3)c2c1. The van der Waals surface area contributed by atoms with E-state index in [1.807, 2.05) is 0 Å². The number of aromatic nitrogens is 1. The summed E-state index contributed by atoms with van der Waals surface area (Å²) in [7, 11) is -2.35. The number of rotatable bonds is 7. The predicted octanol–water partition coefficient (Wildman–Crippen LogP) is 4.71. The Balaban J connectivity index is 1.58. The average molecular weight is 538 g/mol. The molecule has 8 nitrogen and oxygen atoms in total. The van der Waals surface area contributed by atoms with Crippen LogP contribution in [0.2, 0.25) is 0 Å². The van der Waals surface area contributed by atoms with Crippen molar-refractivity contribution >= 4 is 32.4 Å². The Kier molecular flexibility index (Phi) is 7.85. The lowest BCUT2D eigenvalue weighted by atomic mass is 9.99. The van der Waals surface area contributed by atoms with E-state index in [0.717, 1.165) is 39.0 Å². The molecule has 0 bridgehead atoms. The molecule has 2 fully saturated rings. The molecule has 0 amide bonds. The standard InChI is InChI=1S/C29H35N3O5S/c1-3-37-29(33)21-7-12-26-25(19-21)28(32-17-13-22(14-18-32)31-15-5-4-6-16-31)27(20-30-26)38(34,35)24-10-8-23(36-2)9-11-24/h7-12,19-20,22H,3-6,13-18H2,1-2H3. The highest BCUT2D eigenvalue weighted by atomic mass is 32.2. The van der Waals surface area contributed by atoms with Crippen LogP contribution in [0.25, 0.3) is 10.9 Å². The third-order valence-electron chi connectivity index (χ3n) is 7.66. The second kappa shape index (κ2) is 11.3. The largest absolute Gasteiger partial charge is 0.497 e. The average Bonchev–Trinajstić information content (AvgIpc) is 2.97. The van der Waals surface area contributed by atoms with Crippen molar-refractivity contribution in [3.8, 4) is 5.75 Å². The van der Waals surface area contributed by atoms with Gasteiger partial charge in [-0.3, -0.25) is 4.98 Å². The Morgan fingerprint density at radius 3 is 2.37 bits per heavy atom. The van der Waals surface area contributed by atoms with Crippen molar-refractivity contribution in [3.63, 3.8) is 0 Å². The normalized spacial score (nSPS) is 17.5. The van der Waals surface area contributed by atoms with E-state index < -0.39 is 15.8 Å². The van der Waals surface area contributed by atoms with Crippen molar-refractivity contribution in [1.82, 2.24) is 9.88 Å². The van der Waals surface area contributed by atoms with Gasteiger partial charge in [-0.15, -0.1) is 0 Å². The molecule has 202 valence electrons. The van der Waals surface area contributed by atoms with Gasteiger partial charge in [-0.1, -0.05) is 6.42 Å². The maximum absolute atomic E-state index is 14.0. The number of carbonyl (C=O) groups is 1. The zero-order chi connectivity index (χ0) is 26.7. The highest BCUT2D eigenvalue weighted by Gasteiger charge is 2.31. The zero-order valence-corrected chi connectivity index (χ0v) is 22.9. The Labute approximate surface area is 224 Å². The van der Waals surface area contributed by atoms with Gasteiger partial charge in [0.1, 0.15) is 10.6 Å². The number of hydrogen-bond acceptors (Lipinski definition) is 8. The van der Waals surface area contributed by atoms with Gasteiger partial charge in [0.25, 0.3) is 0 Å². The number of esters is 1. The second-order valence-electron chi connectivity index (χ2n) is 9.92. The molecule has 0 radical (unpaired) electrons. The Morgan fingerprint density at radius 2 is 1.71 bits per heavy atom. The van der Waals surface area contributed by atoms with Crippen LogP contribution in [0.15, 0.2) is 58.5 Å². The van der Waals surface area contributed by atoms with Crippen molar-refractivity contribution in [3.05, 3.63) is 54.2 Å². The number of carbonyl (C=O) groups excluding carboxylic acids is 1. The summed E-state index contributed by atoms with van der Waals surface area (Å²) in [5.41, 5.74) is 1.62. The quantitative estimate of drug-likeness (QED) is 0.401. The molecule has 1 aromatic heterocycles. The number of hydrogen-bond donors (Lipinski definition) is 0. The molecular weight excluding hydrogens is 502 g/mol. The van der Waals surface area contributed by atoms with Gasteiger partial charge in [-0.05, 0) is 88.2 Å². The molecule has 5 rings (SSSR count). The van der Waals surface area contributed by atoms with Crippen LogP contribution in [0.4, 0.5) is 5.69 Å². The fraction of sp³-hybridized carbons (Fsp3) is 0.448. The number of sulfone groups is 1. The van der Waals surface area contributed by atoms with Crippen LogP contribution < -0.4 is 9.64 Å². The number of ether oxygens (including phenoxy) is 2. The van der Waals surface area contributed by atoms with Crippen LogP contribution in [-0.2, 0) is 14.6 Å². The second-order valence-corrected chi connectivity index (χ2v) is 11.8. The maximum Gasteiger partial charge on any atom is 0.338 e. The minimum absolute atomic E-state index is 0.146. The molecule has 3 heterocycles. The van der Waals surface area contributed by atoms with Crippen LogP contribution in [0.5, 0.6) is 5.75 Å². The number of pyridine rings is 1. The maximum atomic E-state index is 14.0. The van der Waals surface area contributed by atoms with E-state index in [-0.39, 0.29) is 16.4 Å². The first-order valence-electron chi connectivity index (χ1n) is 13.4. The van der Waals surface area contributed by atoms with Crippen molar-refractivity contribution < 1.29 is 22.7 Å². The summed E-state index contributed by atoms with van der Waals surface area (Å²) in [6.07, 6.45) is 7.17. The van der Waals surface area contributed by atoms with E-state index in [1.54, 1.807) is 56.5 Å². The first-order valence-corrected chi connectivity index (χ1v) is 14.9. The smallest absolute Gasteiger partial charge is 0.338 e. The first kappa shape index (κ1) is 26.4. The van der Waals surface area contributed by atoms with Gasteiger partial charge < -0.3 is 19.3 Å². The fourth-order valence-electron chi connectivity index (χ4n) is 5.64. The molecule has 2 aromatic carbocycles. The third kappa shape index (κ3) is 5.22. The van der Waals surface area contributed by atoms with E-state index in [2.05, 4.69) is 14.8 Å². The van der Waals surface area contributed by atoms with Crippen molar-refractivity contribution in [1.29, 1.82) is 0 Å². The van der Waals surface area contributed by atoms with Gasteiger partial charge in [-0.2, -0.15) is 0 Å². The monoisotopic (exact) mass is 537 g/mol. The van der Waals surface area contributed by atoms with Gasteiger partial charge in [0.15, 0.2) is 0 Å². The first-order chi connectivity index (χ1) is 18.4. The van der Waals surface area contributed by atoms with E-state index in [4.69, 9.17) is 9.47 Å². The molecule has 0 spiro atoms. The minimum atomic E-state index is -3.90. The number of piperidine rings is 2. The Bertz CT molecular complexity index is 1390. The Hall–Kier alpha value is -3.17. The molecule has 2 aliphatic rings. The molecule has 2 saturated heterocycles. The summed E-state index contributed by atoms with van der Waals surface area (Å²) in [6, 6.07) is 12.1. The van der Waals surface area contributed by atoms with Crippen LogP contribution in [0, 0.1) is 0 Å². The van der Waals surface area contributed by atoms with E-state index in [9.17, 15) is 13.2 Å². The molecule has 0 atom stereocenters. The molecule has 0 aliphatic carbocycles. The summed E-state index contributed by atoms with van der Waals surface area (Å²) in [5, 5.41) is 0.640. The van der Waals surface area contributed by atoms with Crippen molar-refractivity contribution in [2.45, 2.75) is 54.9 Å². The van der Waals surface area contributed by atoms with Crippen LogP contribution in [0.1, 0.15) is 49.4 Å². The molecular formula is C29H35N3O5S. The van der Waals surface area contributed by atoms with Gasteiger partial charge in [0.2, 0.25) is 9.84 Å². The summed E-state index contributed by atoms with van der Waals surface area (Å²) in [6.45, 7) is 5.77. The minimum Gasteiger partial charge on any atom is -0.497 e. The number of methoxy groups -OCH3 is 1.